The molecular weight excluding hydrogens is 448 g/mol. The third kappa shape index (κ3) is 6.41. The molecule has 4 fully saturated rings. The minimum absolute atomic E-state index is 0.00271. The molecule has 5 unspecified atom stereocenters. The summed E-state index contributed by atoms with van der Waals surface area (Å²) in [5.74, 6) is 0.760. The quantitative estimate of drug-likeness (QED) is 0.301. The Balaban J connectivity index is 0.000000181. The van der Waals surface area contributed by atoms with Crippen molar-refractivity contribution in [2.75, 3.05) is 42.2 Å². The lowest BCUT2D eigenvalue weighted by Crippen LogP contribution is -2.46. The van der Waals surface area contributed by atoms with E-state index in [9.17, 15) is 0 Å². The molecular formula is C22H44O8Si2. The van der Waals surface area contributed by atoms with Gasteiger partial charge in [-0.15, -0.1) is 0 Å². The summed E-state index contributed by atoms with van der Waals surface area (Å²) >= 11 is 0. The number of ether oxygens (including phenoxy) is 2. The smallest absolute Gasteiger partial charge is 0.377 e. The highest BCUT2D eigenvalue weighted by molar-refractivity contribution is 6.60. The fraction of sp³-hybridized carbons (Fsp3) is 1.00. The van der Waals surface area contributed by atoms with Crippen molar-refractivity contribution in [3.8, 4) is 0 Å². The van der Waals surface area contributed by atoms with Crippen LogP contribution < -0.4 is 0 Å². The van der Waals surface area contributed by atoms with Crippen LogP contribution in [0.15, 0.2) is 0 Å². The summed E-state index contributed by atoms with van der Waals surface area (Å²) < 4.78 is 44.4. The predicted molar refractivity (Wildman–Crippen MR) is 124 cm³/mol. The summed E-state index contributed by atoms with van der Waals surface area (Å²) in [5.41, 5.74) is 0.00271. The summed E-state index contributed by atoms with van der Waals surface area (Å²) in [6.45, 7) is 2.68. The molecule has 0 radical (unpaired) electrons. The number of hydrogen-bond acceptors (Lipinski definition) is 8. The zero-order chi connectivity index (χ0) is 23.2. The molecule has 0 amide bonds. The van der Waals surface area contributed by atoms with Crippen LogP contribution in [0.2, 0.25) is 12.1 Å². The molecule has 0 aromatic carbocycles. The maximum Gasteiger partial charge on any atom is 0.500 e. The molecule has 188 valence electrons. The van der Waals surface area contributed by atoms with Gasteiger partial charge in [-0.2, -0.15) is 0 Å². The number of epoxide rings is 2. The SMILES string of the molecule is CC[Si](OC)(OC)OCC12CCCCC1O2.CO[Si](CCC1CCC2OC2C1)(OC)OC. The van der Waals surface area contributed by atoms with Gasteiger partial charge in [0.25, 0.3) is 0 Å². The standard InChI is InChI=1S/2C11H22O4Si/c1-12-16(13-2,14-3)7-6-9-4-5-10-11(8-9)15-10;1-4-16(12-2,13-3)14-9-11-8-6-5-7-10(11)15-11/h9-11H,4-8H2,1-3H3;10H,4-9H2,1-3H3. The Morgan fingerprint density at radius 2 is 1.53 bits per heavy atom. The second-order valence-corrected chi connectivity index (χ2v) is 15.6. The molecule has 0 aromatic heterocycles. The number of fused-ring (bicyclic) bond motifs is 2. The Morgan fingerprint density at radius 1 is 0.844 bits per heavy atom. The summed E-state index contributed by atoms with van der Waals surface area (Å²) in [4.78, 5) is 0. The molecule has 2 aliphatic heterocycles. The molecule has 10 heteroatoms. The summed E-state index contributed by atoms with van der Waals surface area (Å²) in [6, 6.07) is 1.72. The molecule has 2 saturated heterocycles. The van der Waals surface area contributed by atoms with E-state index in [-0.39, 0.29) is 5.60 Å². The Bertz CT molecular complexity index is 558. The van der Waals surface area contributed by atoms with Crippen LogP contribution in [0.4, 0.5) is 0 Å². The van der Waals surface area contributed by atoms with E-state index < -0.39 is 17.6 Å². The van der Waals surface area contributed by atoms with Crippen molar-refractivity contribution < 1.29 is 36.0 Å². The zero-order valence-corrected chi connectivity index (χ0v) is 22.9. The first-order valence-electron chi connectivity index (χ1n) is 12.2. The maximum atomic E-state index is 5.93. The minimum Gasteiger partial charge on any atom is -0.377 e. The van der Waals surface area contributed by atoms with Gasteiger partial charge in [-0.3, -0.25) is 0 Å². The molecule has 8 nitrogen and oxygen atoms in total. The van der Waals surface area contributed by atoms with Crippen molar-refractivity contribution in [2.24, 2.45) is 5.92 Å². The van der Waals surface area contributed by atoms with Crippen LogP contribution in [0.25, 0.3) is 0 Å². The maximum absolute atomic E-state index is 5.93. The topological polar surface area (TPSA) is 80.4 Å². The summed E-state index contributed by atoms with van der Waals surface area (Å²) in [5, 5.41) is 0. The molecule has 2 aliphatic carbocycles. The third-order valence-corrected chi connectivity index (χ3v) is 13.2. The van der Waals surface area contributed by atoms with Crippen LogP contribution in [-0.4, -0.2) is 83.7 Å². The van der Waals surface area contributed by atoms with E-state index in [1.807, 2.05) is 6.92 Å². The first-order chi connectivity index (χ1) is 15.4. The van der Waals surface area contributed by atoms with Crippen LogP contribution in [0.1, 0.15) is 58.3 Å². The first-order valence-corrected chi connectivity index (χ1v) is 16.0. The van der Waals surface area contributed by atoms with Gasteiger partial charge in [-0.25, -0.2) is 0 Å². The zero-order valence-electron chi connectivity index (χ0n) is 20.9. The lowest BCUT2D eigenvalue weighted by atomic mass is 9.88. The van der Waals surface area contributed by atoms with E-state index in [1.165, 1.54) is 38.5 Å². The van der Waals surface area contributed by atoms with E-state index in [0.29, 0.717) is 24.9 Å². The summed E-state index contributed by atoms with van der Waals surface area (Å²) in [7, 11) is 3.63. The van der Waals surface area contributed by atoms with E-state index >= 15 is 0 Å². The normalized spacial score (nSPS) is 33.6. The van der Waals surface area contributed by atoms with Gasteiger partial charge >= 0.3 is 17.6 Å². The fourth-order valence-electron chi connectivity index (χ4n) is 5.25. The van der Waals surface area contributed by atoms with Crippen molar-refractivity contribution in [2.45, 2.75) is 94.3 Å². The van der Waals surface area contributed by atoms with Crippen LogP contribution in [0.3, 0.4) is 0 Å². The van der Waals surface area contributed by atoms with Gasteiger partial charge in [-0.05, 0) is 44.4 Å². The Kier molecular flexibility index (Phi) is 9.76. The molecule has 0 aromatic rings. The van der Waals surface area contributed by atoms with E-state index in [1.54, 1.807) is 35.5 Å². The molecule has 2 saturated carbocycles. The molecule has 0 bridgehead atoms. The molecule has 0 spiro atoms. The number of rotatable bonds is 12. The highest BCUT2D eigenvalue weighted by Crippen LogP contribution is 2.48. The molecule has 2 heterocycles. The van der Waals surface area contributed by atoms with Gasteiger partial charge in [-0.1, -0.05) is 19.8 Å². The Hall–Kier alpha value is 0.114. The molecule has 4 rings (SSSR count). The average Bonchev–Trinajstić information content (AvgIpc) is 3.76. The van der Waals surface area contributed by atoms with Crippen LogP contribution >= 0.6 is 0 Å². The second kappa shape index (κ2) is 11.7. The highest BCUT2D eigenvalue weighted by Gasteiger charge is 2.58. The fourth-order valence-corrected chi connectivity index (χ4v) is 8.78. The molecule has 32 heavy (non-hydrogen) atoms. The van der Waals surface area contributed by atoms with E-state index in [2.05, 4.69) is 0 Å². The lowest BCUT2D eigenvalue weighted by molar-refractivity contribution is 0.0684. The first kappa shape index (κ1) is 26.7. The van der Waals surface area contributed by atoms with Crippen LogP contribution in [-0.2, 0) is 36.0 Å². The summed E-state index contributed by atoms with van der Waals surface area (Å²) in [6.07, 6.45) is 11.3. The largest absolute Gasteiger partial charge is 0.500 e. The Morgan fingerprint density at radius 3 is 2.09 bits per heavy atom. The molecule has 5 atom stereocenters. The van der Waals surface area contributed by atoms with Gasteiger partial charge in [0.15, 0.2) is 0 Å². The van der Waals surface area contributed by atoms with E-state index in [0.717, 1.165) is 30.8 Å². The van der Waals surface area contributed by atoms with Crippen molar-refractivity contribution in [1.29, 1.82) is 0 Å². The monoisotopic (exact) mass is 492 g/mol. The average molecular weight is 493 g/mol. The number of hydrogen-bond donors (Lipinski definition) is 0. The van der Waals surface area contributed by atoms with Crippen molar-refractivity contribution in [3.63, 3.8) is 0 Å². The van der Waals surface area contributed by atoms with Gasteiger partial charge in [0.1, 0.15) is 5.60 Å². The van der Waals surface area contributed by atoms with Crippen molar-refractivity contribution in [3.05, 3.63) is 0 Å². The van der Waals surface area contributed by atoms with Gasteiger partial charge in [0.2, 0.25) is 0 Å². The molecule has 4 aliphatic rings. The second-order valence-electron chi connectivity index (χ2n) is 9.38. The minimum atomic E-state index is -2.40. The van der Waals surface area contributed by atoms with Crippen LogP contribution in [0.5, 0.6) is 0 Å². The molecule has 0 N–H and O–H groups in total. The van der Waals surface area contributed by atoms with Gasteiger partial charge in [0.05, 0.1) is 24.9 Å². The Labute approximate surface area is 196 Å². The van der Waals surface area contributed by atoms with E-state index in [4.69, 9.17) is 36.0 Å². The highest BCUT2D eigenvalue weighted by atomic mass is 28.4. The van der Waals surface area contributed by atoms with Gasteiger partial charge < -0.3 is 36.0 Å². The van der Waals surface area contributed by atoms with Gasteiger partial charge in [0, 0.05) is 47.6 Å². The van der Waals surface area contributed by atoms with Crippen LogP contribution in [0, 0.1) is 5.92 Å². The lowest BCUT2D eigenvalue weighted by Gasteiger charge is -2.27. The third-order valence-electron chi connectivity index (χ3n) is 7.72. The predicted octanol–water partition coefficient (Wildman–Crippen LogP) is 3.79. The van der Waals surface area contributed by atoms with Crippen molar-refractivity contribution in [1.82, 2.24) is 0 Å². The van der Waals surface area contributed by atoms with Crippen molar-refractivity contribution >= 4 is 17.6 Å².